The van der Waals surface area contributed by atoms with Crippen LogP contribution in [0.25, 0.3) is 0 Å². The highest BCUT2D eigenvalue weighted by molar-refractivity contribution is 5.05. The average Bonchev–Trinajstić information content (AvgIpc) is 2.03. The minimum atomic E-state index is -1.30. The van der Waals surface area contributed by atoms with Gasteiger partial charge in [0.05, 0.1) is 0 Å². The normalized spacial score (nSPS) is 30.6. The Morgan fingerprint density at radius 3 is 2.75 bits per heavy atom. The average molecular weight is 172 g/mol. The fourth-order valence-corrected chi connectivity index (χ4v) is 1.74. The fourth-order valence-electron chi connectivity index (χ4n) is 1.74. The van der Waals surface area contributed by atoms with E-state index in [-0.39, 0.29) is 18.4 Å². The van der Waals surface area contributed by atoms with Crippen molar-refractivity contribution < 1.29 is 15.3 Å². The summed E-state index contributed by atoms with van der Waals surface area (Å²) in [5.74, 6) is -0.186. The van der Waals surface area contributed by atoms with E-state index < -0.39 is 6.29 Å². The van der Waals surface area contributed by atoms with E-state index in [1.165, 1.54) is 5.57 Å². The second-order valence-corrected chi connectivity index (χ2v) is 3.51. The van der Waals surface area contributed by atoms with Crippen molar-refractivity contribution in [2.24, 2.45) is 11.8 Å². The van der Waals surface area contributed by atoms with Gasteiger partial charge in [-0.15, -0.1) is 0 Å². The molecule has 0 heterocycles. The summed E-state index contributed by atoms with van der Waals surface area (Å²) in [6.45, 7) is 2.04. The Morgan fingerprint density at radius 2 is 2.25 bits per heavy atom. The number of hydrogen-bond donors (Lipinski definition) is 3. The topological polar surface area (TPSA) is 60.7 Å². The van der Waals surface area contributed by atoms with E-state index in [1.807, 2.05) is 13.0 Å². The summed E-state index contributed by atoms with van der Waals surface area (Å²) in [6, 6.07) is 0. The lowest BCUT2D eigenvalue weighted by atomic mass is 9.80. The first-order chi connectivity index (χ1) is 5.65. The van der Waals surface area contributed by atoms with Gasteiger partial charge in [0, 0.05) is 12.5 Å². The smallest absolute Gasteiger partial charge is 0.154 e. The van der Waals surface area contributed by atoms with Crippen LogP contribution in [0.3, 0.4) is 0 Å². The van der Waals surface area contributed by atoms with E-state index >= 15 is 0 Å². The first-order valence-electron chi connectivity index (χ1n) is 4.27. The molecule has 12 heavy (non-hydrogen) atoms. The molecular formula is C9H16O3. The van der Waals surface area contributed by atoms with E-state index in [1.54, 1.807) is 0 Å². The summed E-state index contributed by atoms with van der Waals surface area (Å²) in [5, 5.41) is 26.9. The Bertz CT molecular complexity index is 175. The zero-order chi connectivity index (χ0) is 9.14. The van der Waals surface area contributed by atoms with E-state index in [0.29, 0.717) is 6.42 Å². The third-order valence-electron chi connectivity index (χ3n) is 2.55. The van der Waals surface area contributed by atoms with E-state index in [4.69, 9.17) is 15.3 Å². The van der Waals surface area contributed by atoms with Crippen molar-refractivity contribution in [3.8, 4) is 0 Å². The van der Waals surface area contributed by atoms with E-state index in [9.17, 15) is 0 Å². The molecule has 1 rings (SSSR count). The molecule has 1 aliphatic rings. The van der Waals surface area contributed by atoms with Gasteiger partial charge in [-0.1, -0.05) is 11.6 Å². The molecule has 3 heteroatoms. The minimum absolute atomic E-state index is 0.00926. The van der Waals surface area contributed by atoms with Gasteiger partial charge in [-0.05, 0) is 25.7 Å². The lowest BCUT2D eigenvalue weighted by molar-refractivity contribution is -0.106. The summed E-state index contributed by atoms with van der Waals surface area (Å²) in [7, 11) is 0. The predicted octanol–water partition coefficient (Wildman–Crippen LogP) is 0.262. The highest BCUT2D eigenvalue weighted by Gasteiger charge is 2.28. The molecule has 0 aromatic carbocycles. The molecule has 0 amide bonds. The first kappa shape index (κ1) is 9.71. The number of hydrogen-bond acceptors (Lipinski definition) is 3. The number of rotatable bonds is 2. The van der Waals surface area contributed by atoms with Gasteiger partial charge in [0.25, 0.3) is 0 Å². The summed E-state index contributed by atoms with van der Waals surface area (Å²) < 4.78 is 0. The molecule has 1 aliphatic carbocycles. The molecule has 0 saturated carbocycles. The summed E-state index contributed by atoms with van der Waals surface area (Å²) >= 11 is 0. The Labute approximate surface area is 72.3 Å². The van der Waals surface area contributed by atoms with Crippen LogP contribution in [0, 0.1) is 11.8 Å². The van der Waals surface area contributed by atoms with Crippen LogP contribution in [-0.4, -0.2) is 28.2 Å². The van der Waals surface area contributed by atoms with Crippen LogP contribution in [0.5, 0.6) is 0 Å². The maximum absolute atomic E-state index is 8.98. The molecule has 2 atom stereocenters. The van der Waals surface area contributed by atoms with Crippen molar-refractivity contribution in [2.75, 3.05) is 6.61 Å². The molecule has 0 spiro atoms. The highest BCUT2D eigenvalue weighted by atomic mass is 16.5. The van der Waals surface area contributed by atoms with Crippen molar-refractivity contribution in [2.45, 2.75) is 26.1 Å². The van der Waals surface area contributed by atoms with Gasteiger partial charge < -0.3 is 15.3 Å². The molecule has 1 unspecified atom stereocenters. The molecule has 70 valence electrons. The maximum atomic E-state index is 8.98. The third-order valence-corrected chi connectivity index (χ3v) is 2.55. The Kier molecular flexibility index (Phi) is 3.26. The quantitative estimate of drug-likeness (QED) is 0.413. The molecular weight excluding hydrogens is 156 g/mol. The molecule has 3 N–H and O–H groups in total. The summed E-state index contributed by atoms with van der Waals surface area (Å²) in [4.78, 5) is 0. The van der Waals surface area contributed by atoms with Crippen molar-refractivity contribution >= 4 is 0 Å². The van der Waals surface area contributed by atoms with Crippen LogP contribution in [-0.2, 0) is 0 Å². The molecule has 3 nitrogen and oxygen atoms in total. The summed E-state index contributed by atoms with van der Waals surface area (Å²) in [5.41, 5.74) is 1.23. The van der Waals surface area contributed by atoms with Gasteiger partial charge in [0.2, 0.25) is 0 Å². The standard InChI is InChI=1S/C9H16O3/c1-6-2-3-8(9(11)12)7(4-6)5-10/h2,7-12H,3-5H2,1H3/t7-,8?/m0/s1. The predicted molar refractivity (Wildman–Crippen MR) is 45.3 cm³/mol. The fraction of sp³-hybridized carbons (Fsp3) is 0.778. The van der Waals surface area contributed by atoms with Crippen LogP contribution in [0.15, 0.2) is 11.6 Å². The Balaban J connectivity index is 2.63. The van der Waals surface area contributed by atoms with Crippen LogP contribution in [0.4, 0.5) is 0 Å². The van der Waals surface area contributed by atoms with Crippen molar-refractivity contribution in [1.82, 2.24) is 0 Å². The van der Waals surface area contributed by atoms with Crippen molar-refractivity contribution in [3.63, 3.8) is 0 Å². The van der Waals surface area contributed by atoms with Crippen LogP contribution < -0.4 is 0 Å². The lowest BCUT2D eigenvalue weighted by Gasteiger charge is -2.30. The van der Waals surface area contributed by atoms with Gasteiger partial charge in [-0.3, -0.25) is 0 Å². The van der Waals surface area contributed by atoms with E-state index in [0.717, 1.165) is 6.42 Å². The number of aliphatic hydroxyl groups excluding tert-OH is 2. The van der Waals surface area contributed by atoms with Crippen LogP contribution in [0.1, 0.15) is 19.8 Å². The SMILES string of the molecule is CC1=CCC(C(O)O)[C@H](CO)C1. The molecule has 0 radical (unpaired) electrons. The van der Waals surface area contributed by atoms with Gasteiger partial charge >= 0.3 is 0 Å². The highest BCUT2D eigenvalue weighted by Crippen LogP contribution is 2.30. The van der Waals surface area contributed by atoms with Crippen molar-refractivity contribution in [1.29, 1.82) is 0 Å². The molecule has 0 aromatic rings. The largest absolute Gasteiger partial charge is 0.396 e. The van der Waals surface area contributed by atoms with Gasteiger partial charge in [-0.2, -0.15) is 0 Å². The van der Waals surface area contributed by atoms with Gasteiger partial charge in [0.15, 0.2) is 6.29 Å². The van der Waals surface area contributed by atoms with E-state index in [2.05, 4.69) is 0 Å². The monoisotopic (exact) mass is 172 g/mol. The third kappa shape index (κ3) is 2.06. The molecule has 0 aliphatic heterocycles. The van der Waals surface area contributed by atoms with Crippen LogP contribution in [0.2, 0.25) is 0 Å². The molecule has 0 saturated heterocycles. The van der Waals surface area contributed by atoms with Gasteiger partial charge in [-0.25, -0.2) is 0 Å². The zero-order valence-corrected chi connectivity index (χ0v) is 7.27. The number of allylic oxidation sites excluding steroid dienone is 2. The maximum Gasteiger partial charge on any atom is 0.154 e. The second kappa shape index (κ2) is 4.03. The second-order valence-electron chi connectivity index (χ2n) is 3.51. The lowest BCUT2D eigenvalue weighted by Crippen LogP contribution is -2.31. The Morgan fingerprint density at radius 1 is 1.58 bits per heavy atom. The number of aliphatic hydroxyl groups is 3. The van der Waals surface area contributed by atoms with Crippen molar-refractivity contribution in [3.05, 3.63) is 11.6 Å². The molecule has 0 aromatic heterocycles. The first-order valence-corrected chi connectivity index (χ1v) is 4.27. The zero-order valence-electron chi connectivity index (χ0n) is 7.27. The molecule has 0 bridgehead atoms. The molecule has 0 fully saturated rings. The summed E-state index contributed by atoms with van der Waals surface area (Å²) in [6.07, 6.45) is 2.15. The minimum Gasteiger partial charge on any atom is -0.396 e. The van der Waals surface area contributed by atoms with Gasteiger partial charge in [0.1, 0.15) is 0 Å². The van der Waals surface area contributed by atoms with Crippen LogP contribution >= 0.6 is 0 Å². The Hall–Kier alpha value is -0.380.